The van der Waals surface area contributed by atoms with E-state index in [0.29, 0.717) is 5.25 Å². The lowest BCUT2D eigenvalue weighted by atomic mass is 10.0. The molecule has 3 N–H and O–H groups in total. The van der Waals surface area contributed by atoms with E-state index in [4.69, 9.17) is 5.73 Å². The maximum atomic E-state index is 9.32. The van der Waals surface area contributed by atoms with Crippen LogP contribution in [0.1, 0.15) is 19.3 Å². The second-order valence-corrected chi connectivity index (χ2v) is 6.89. The van der Waals surface area contributed by atoms with Gasteiger partial charge in [0, 0.05) is 15.7 Å². The lowest BCUT2D eigenvalue weighted by molar-refractivity contribution is 0.200. The van der Waals surface area contributed by atoms with Gasteiger partial charge in [0.2, 0.25) is 0 Å². The average molecular weight is 273 g/mol. The molecule has 3 rings (SSSR count). The van der Waals surface area contributed by atoms with Crippen molar-refractivity contribution in [1.82, 2.24) is 0 Å². The first-order chi connectivity index (χ1) is 9.18. The summed E-state index contributed by atoms with van der Waals surface area (Å²) in [6, 6.07) is 15.0. The highest BCUT2D eigenvalue weighted by molar-refractivity contribution is 8.00. The van der Waals surface area contributed by atoms with Crippen molar-refractivity contribution in [1.29, 1.82) is 0 Å². The van der Waals surface area contributed by atoms with E-state index in [2.05, 4.69) is 42.5 Å². The van der Waals surface area contributed by atoms with E-state index in [0.717, 1.165) is 19.3 Å². The molecule has 2 atom stereocenters. The molecule has 0 heterocycles. The Bertz CT molecular complexity index is 586. The molecule has 0 aliphatic heterocycles. The van der Waals surface area contributed by atoms with Crippen LogP contribution in [-0.4, -0.2) is 22.5 Å². The van der Waals surface area contributed by atoms with Crippen LogP contribution in [-0.2, 0) is 0 Å². The van der Waals surface area contributed by atoms with Crippen LogP contribution in [0.5, 0.6) is 0 Å². The first kappa shape index (κ1) is 13.0. The molecule has 2 aromatic rings. The molecule has 19 heavy (non-hydrogen) atoms. The Balaban J connectivity index is 1.75. The fourth-order valence-electron chi connectivity index (χ4n) is 2.78. The number of aliphatic hydroxyl groups excluding tert-OH is 1. The van der Waals surface area contributed by atoms with Crippen molar-refractivity contribution in [2.24, 2.45) is 5.73 Å². The van der Waals surface area contributed by atoms with E-state index in [1.54, 1.807) is 0 Å². The monoisotopic (exact) mass is 273 g/mol. The normalized spacial score (nSPS) is 26.9. The Morgan fingerprint density at radius 2 is 2.00 bits per heavy atom. The molecule has 0 bridgehead atoms. The highest BCUT2D eigenvalue weighted by atomic mass is 32.2. The fraction of sp³-hybridized carbons (Fsp3) is 0.375. The van der Waals surface area contributed by atoms with E-state index in [1.807, 2.05) is 11.8 Å². The Hall–Kier alpha value is -1.03. The quantitative estimate of drug-likeness (QED) is 0.903. The summed E-state index contributed by atoms with van der Waals surface area (Å²) < 4.78 is 0. The third kappa shape index (κ3) is 2.78. The molecule has 1 aliphatic rings. The lowest BCUT2D eigenvalue weighted by Gasteiger charge is -2.20. The first-order valence-corrected chi connectivity index (χ1v) is 7.62. The van der Waals surface area contributed by atoms with Gasteiger partial charge in [-0.15, -0.1) is 11.8 Å². The van der Waals surface area contributed by atoms with Crippen molar-refractivity contribution in [2.75, 3.05) is 6.61 Å². The predicted molar refractivity (Wildman–Crippen MR) is 81.4 cm³/mol. The van der Waals surface area contributed by atoms with Gasteiger partial charge in [-0.3, -0.25) is 0 Å². The van der Waals surface area contributed by atoms with Gasteiger partial charge in [0.25, 0.3) is 0 Å². The number of nitrogens with two attached hydrogens (primary N) is 1. The maximum absolute atomic E-state index is 9.32. The fourth-order valence-corrected chi connectivity index (χ4v) is 4.16. The van der Waals surface area contributed by atoms with Crippen LogP contribution in [0, 0.1) is 0 Å². The van der Waals surface area contributed by atoms with Crippen LogP contribution >= 0.6 is 11.8 Å². The van der Waals surface area contributed by atoms with Crippen LogP contribution in [0.15, 0.2) is 47.4 Å². The second kappa shape index (κ2) is 5.16. The van der Waals surface area contributed by atoms with Crippen LogP contribution < -0.4 is 5.73 Å². The van der Waals surface area contributed by atoms with Gasteiger partial charge in [0.1, 0.15) is 0 Å². The number of benzene rings is 2. The summed E-state index contributed by atoms with van der Waals surface area (Å²) >= 11 is 1.89. The summed E-state index contributed by atoms with van der Waals surface area (Å²) in [5, 5.41) is 12.4. The molecule has 3 heteroatoms. The van der Waals surface area contributed by atoms with E-state index in [1.165, 1.54) is 15.7 Å². The van der Waals surface area contributed by atoms with E-state index < -0.39 is 0 Å². The molecule has 0 spiro atoms. The molecule has 0 saturated heterocycles. The zero-order valence-corrected chi connectivity index (χ0v) is 11.7. The van der Waals surface area contributed by atoms with E-state index in [9.17, 15) is 5.11 Å². The molecule has 2 aromatic carbocycles. The number of hydrogen-bond acceptors (Lipinski definition) is 3. The zero-order valence-electron chi connectivity index (χ0n) is 10.9. The Kier molecular flexibility index (Phi) is 3.52. The molecule has 1 fully saturated rings. The Labute approximate surface area is 118 Å². The summed E-state index contributed by atoms with van der Waals surface area (Å²) in [6.45, 7) is 0.0990. The number of aliphatic hydroxyl groups is 1. The summed E-state index contributed by atoms with van der Waals surface area (Å²) in [4.78, 5) is 1.30. The van der Waals surface area contributed by atoms with Crippen molar-refractivity contribution in [3.8, 4) is 0 Å². The molecule has 0 radical (unpaired) electrons. The van der Waals surface area contributed by atoms with Crippen molar-refractivity contribution >= 4 is 22.5 Å². The molecule has 100 valence electrons. The van der Waals surface area contributed by atoms with Crippen molar-refractivity contribution in [2.45, 2.75) is 34.9 Å². The van der Waals surface area contributed by atoms with Crippen LogP contribution in [0.4, 0.5) is 0 Å². The highest BCUT2D eigenvalue weighted by Gasteiger charge is 2.35. The number of hydrogen-bond donors (Lipinski definition) is 2. The van der Waals surface area contributed by atoms with Gasteiger partial charge in [-0.25, -0.2) is 0 Å². The van der Waals surface area contributed by atoms with Gasteiger partial charge in [-0.05, 0) is 42.2 Å². The zero-order chi connectivity index (χ0) is 13.3. The van der Waals surface area contributed by atoms with Crippen molar-refractivity contribution < 1.29 is 5.11 Å². The second-order valence-electron chi connectivity index (χ2n) is 5.51. The number of rotatable bonds is 3. The highest BCUT2D eigenvalue weighted by Crippen LogP contribution is 2.39. The minimum atomic E-state index is -0.353. The molecule has 0 amide bonds. The molecule has 1 saturated carbocycles. The van der Waals surface area contributed by atoms with Gasteiger partial charge >= 0.3 is 0 Å². The summed E-state index contributed by atoms with van der Waals surface area (Å²) in [6.07, 6.45) is 2.92. The topological polar surface area (TPSA) is 46.2 Å². The Morgan fingerprint density at radius 1 is 1.21 bits per heavy atom. The van der Waals surface area contributed by atoms with Gasteiger partial charge in [0.15, 0.2) is 0 Å². The molecular weight excluding hydrogens is 254 g/mol. The van der Waals surface area contributed by atoms with Crippen LogP contribution in [0.3, 0.4) is 0 Å². The van der Waals surface area contributed by atoms with Crippen molar-refractivity contribution in [3.05, 3.63) is 42.5 Å². The van der Waals surface area contributed by atoms with Gasteiger partial charge in [0.05, 0.1) is 6.61 Å². The van der Waals surface area contributed by atoms with Crippen LogP contribution in [0.2, 0.25) is 0 Å². The smallest absolute Gasteiger partial charge is 0.0611 e. The standard InChI is InChI=1S/C16H19NOS/c17-16(11-18)8-7-15(10-16)19-14-6-5-12-3-1-2-4-13(12)9-14/h1-6,9,15,18H,7-8,10-11,17H2. The average Bonchev–Trinajstić information content (AvgIpc) is 2.81. The van der Waals surface area contributed by atoms with E-state index in [-0.39, 0.29) is 12.1 Å². The Morgan fingerprint density at radius 3 is 2.74 bits per heavy atom. The third-order valence-corrected chi connectivity index (χ3v) is 5.20. The van der Waals surface area contributed by atoms with Gasteiger partial charge < -0.3 is 10.8 Å². The molecule has 2 nitrogen and oxygen atoms in total. The van der Waals surface area contributed by atoms with Crippen molar-refractivity contribution in [3.63, 3.8) is 0 Å². The van der Waals surface area contributed by atoms with E-state index >= 15 is 0 Å². The summed E-state index contributed by atoms with van der Waals surface area (Å²) in [5.41, 5.74) is 5.78. The molecular formula is C16H19NOS. The van der Waals surface area contributed by atoms with Crippen LogP contribution in [0.25, 0.3) is 10.8 Å². The molecule has 0 aromatic heterocycles. The largest absolute Gasteiger partial charge is 0.394 e. The maximum Gasteiger partial charge on any atom is 0.0611 e. The predicted octanol–water partition coefficient (Wildman–Crippen LogP) is 3.17. The van der Waals surface area contributed by atoms with Gasteiger partial charge in [-0.2, -0.15) is 0 Å². The number of thioether (sulfide) groups is 1. The SMILES string of the molecule is NC1(CO)CCC(Sc2ccc3ccccc3c2)C1. The third-order valence-electron chi connectivity index (χ3n) is 3.94. The lowest BCUT2D eigenvalue weighted by Crippen LogP contribution is -2.40. The molecule has 2 unspecified atom stereocenters. The number of fused-ring (bicyclic) bond motifs is 1. The first-order valence-electron chi connectivity index (χ1n) is 6.74. The summed E-state index contributed by atoms with van der Waals surface area (Å²) in [7, 11) is 0. The summed E-state index contributed by atoms with van der Waals surface area (Å²) in [5.74, 6) is 0. The molecule has 1 aliphatic carbocycles. The minimum Gasteiger partial charge on any atom is -0.394 e. The van der Waals surface area contributed by atoms with Gasteiger partial charge in [-0.1, -0.05) is 30.3 Å². The minimum absolute atomic E-state index is 0.0990.